The van der Waals surface area contributed by atoms with Crippen LogP contribution in [0, 0.1) is 11.6 Å². The third kappa shape index (κ3) is 8.43. The molecule has 9 nitrogen and oxygen atoms in total. The van der Waals surface area contributed by atoms with E-state index in [1.807, 2.05) is 30.3 Å². The van der Waals surface area contributed by atoms with Crippen LogP contribution >= 0.6 is 0 Å². The van der Waals surface area contributed by atoms with Crippen molar-refractivity contribution >= 4 is 17.8 Å². The van der Waals surface area contributed by atoms with Gasteiger partial charge < -0.3 is 25.0 Å². The number of unbranched alkanes of at least 4 members (excludes halogenated alkanes) is 1. The van der Waals surface area contributed by atoms with E-state index in [4.69, 9.17) is 14.4 Å². The summed E-state index contributed by atoms with van der Waals surface area (Å²) in [4.78, 5) is 24.6. The fourth-order valence-electron chi connectivity index (χ4n) is 3.36. The molecule has 0 aliphatic heterocycles. The molecule has 0 saturated carbocycles. The van der Waals surface area contributed by atoms with Crippen molar-refractivity contribution in [3.05, 3.63) is 71.8 Å². The molecule has 3 rings (SSSR count). The van der Waals surface area contributed by atoms with Gasteiger partial charge in [-0.2, -0.15) is 0 Å². The van der Waals surface area contributed by atoms with E-state index in [1.54, 1.807) is 6.07 Å². The molecule has 1 heterocycles. The van der Waals surface area contributed by atoms with Gasteiger partial charge in [-0.1, -0.05) is 47.6 Å². The second-order valence-electron chi connectivity index (χ2n) is 7.97. The highest BCUT2D eigenvalue weighted by atomic mass is 19.2. The molecule has 2 amide bonds. The van der Waals surface area contributed by atoms with Crippen LogP contribution in [0.4, 0.5) is 19.4 Å². The van der Waals surface area contributed by atoms with Crippen LogP contribution in [0.1, 0.15) is 24.8 Å². The van der Waals surface area contributed by atoms with E-state index in [9.17, 15) is 18.4 Å². The maximum absolute atomic E-state index is 13.7. The predicted molar refractivity (Wildman–Crippen MR) is 128 cm³/mol. The van der Waals surface area contributed by atoms with Gasteiger partial charge in [0.05, 0.1) is 12.6 Å². The zero-order valence-electron chi connectivity index (χ0n) is 19.5. The van der Waals surface area contributed by atoms with E-state index in [1.165, 1.54) is 12.1 Å². The number of aliphatic hydroxyl groups is 1. The maximum Gasteiger partial charge on any atom is 0.412 e. The van der Waals surface area contributed by atoms with Gasteiger partial charge in [-0.05, 0) is 25.3 Å². The smallest absolute Gasteiger partial charge is 0.412 e. The summed E-state index contributed by atoms with van der Waals surface area (Å²) in [6, 6.07) is 14.1. The lowest BCUT2D eigenvalue weighted by atomic mass is 10.1. The molecule has 0 unspecified atom stereocenters. The van der Waals surface area contributed by atoms with Crippen LogP contribution in [0.25, 0.3) is 11.3 Å². The van der Waals surface area contributed by atoms with E-state index in [0.717, 1.165) is 11.6 Å². The van der Waals surface area contributed by atoms with Crippen molar-refractivity contribution in [2.75, 3.05) is 25.1 Å². The van der Waals surface area contributed by atoms with E-state index >= 15 is 0 Å². The summed E-state index contributed by atoms with van der Waals surface area (Å²) < 4.78 is 37.5. The monoisotopic (exact) mass is 502 g/mol. The number of nitrogens with one attached hydrogen (secondary N) is 3. The van der Waals surface area contributed by atoms with Crippen LogP contribution in [-0.2, 0) is 16.1 Å². The van der Waals surface area contributed by atoms with Crippen molar-refractivity contribution in [2.45, 2.75) is 31.8 Å². The summed E-state index contributed by atoms with van der Waals surface area (Å²) in [6.45, 7) is -0.308. The van der Waals surface area contributed by atoms with Crippen molar-refractivity contribution in [3.63, 3.8) is 0 Å². The van der Waals surface area contributed by atoms with Gasteiger partial charge >= 0.3 is 6.09 Å². The number of ether oxygens (including phenoxy) is 1. The van der Waals surface area contributed by atoms with E-state index < -0.39 is 29.7 Å². The van der Waals surface area contributed by atoms with Crippen LogP contribution in [0.3, 0.4) is 0 Å². The zero-order chi connectivity index (χ0) is 25.8. The highest BCUT2D eigenvalue weighted by Crippen LogP contribution is 2.22. The first-order valence-corrected chi connectivity index (χ1v) is 11.5. The number of aliphatic hydroxyl groups excluding tert-OH is 1. The number of aromatic nitrogens is 1. The van der Waals surface area contributed by atoms with Crippen LogP contribution in [0.2, 0.25) is 0 Å². The van der Waals surface area contributed by atoms with Crippen molar-refractivity contribution in [2.24, 2.45) is 0 Å². The van der Waals surface area contributed by atoms with Gasteiger partial charge in [-0.15, -0.1) is 0 Å². The largest absolute Gasteiger partial charge is 0.447 e. The fourth-order valence-corrected chi connectivity index (χ4v) is 3.36. The van der Waals surface area contributed by atoms with Gasteiger partial charge in [0.25, 0.3) is 0 Å². The normalized spacial score (nSPS) is 11.6. The minimum absolute atomic E-state index is 0.00132. The first-order valence-electron chi connectivity index (χ1n) is 11.5. The van der Waals surface area contributed by atoms with Crippen LogP contribution in [0.5, 0.6) is 0 Å². The molecule has 36 heavy (non-hydrogen) atoms. The molecule has 11 heteroatoms. The van der Waals surface area contributed by atoms with Crippen LogP contribution in [-0.4, -0.2) is 48.1 Å². The lowest BCUT2D eigenvalue weighted by Gasteiger charge is -2.19. The summed E-state index contributed by atoms with van der Waals surface area (Å²) in [7, 11) is 0. The number of anilines is 1. The Morgan fingerprint density at radius 2 is 1.89 bits per heavy atom. The van der Waals surface area contributed by atoms with E-state index in [0.29, 0.717) is 25.0 Å². The predicted octanol–water partition coefficient (Wildman–Crippen LogP) is 3.61. The van der Waals surface area contributed by atoms with Crippen molar-refractivity contribution < 1.29 is 32.7 Å². The Bertz CT molecular complexity index is 1130. The van der Waals surface area contributed by atoms with Crippen LogP contribution in [0.15, 0.2) is 59.1 Å². The number of amides is 2. The average molecular weight is 503 g/mol. The van der Waals surface area contributed by atoms with Crippen molar-refractivity contribution in [1.29, 1.82) is 0 Å². The lowest BCUT2D eigenvalue weighted by molar-refractivity contribution is -0.121. The number of hydrogen-bond donors (Lipinski definition) is 4. The molecular formula is C25H28F2N4O5. The lowest BCUT2D eigenvalue weighted by Crippen LogP contribution is -2.43. The molecule has 0 radical (unpaired) electrons. The topological polar surface area (TPSA) is 126 Å². The van der Waals surface area contributed by atoms with Gasteiger partial charge in [0, 0.05) is 30.3 Å². The fraction of sp³-hybridized carbons (Fsp3) is 0.320. The van der Waals surface area contributed by atoms with E-state index in [-0.39, 0.29) is 37.7 Å². The molecule has 0 aliphatic rings. The molecule has 1 aromatic heterocycles. The number of benzene rings is 2. The molecule has 0 spiro atoms. The first kappa shape index (κ1) is 26.8. The van der Waals surface area contributed by atoms with Gasteiger partial charge in [-0.25, -0.2) is 13.6 Å². The van der Waals surface area contributed by atoms with Gasteiger partial charge in [0.1, 0.15) is 6.61 Å². The summed E-state index contributed by atoms with van der Waals surface area (Å²) >= 11 is 0. The number of rotatable bonds is 13. The number of halogens is 2. The Labute approximate surface area is 206 Å². The number of carbonyl (C=O) groups excluding carboxylic acids is 2. The standard InChI is InChI=1S/C25H28F2N4O5/c26-20-11-6-9-18(24(20)27)14-28-15-23(33)29-19(10-4-5-12-32)16-35-25(34)30-22-13-21(36-31-22)17-7-2-1-3-8-17/h1-3,6-9,11,13,19,28,32H,4-5,10,12,14-16H2,(H,29,33)(H,30,31,34)/t19-/m0/s1. The van der Waals surface area contributed by atoms with Gasteiger partial charge in [-0.3, -0.25) is 10.1 Å². The Morgan fingerprint density at radius 1 is 1.08 bits per heavy atom. The van der Waals surface area contributed by atoms with Gasteiger partial charge in [0.2, 0.25) is 5.91 Å². The molecule has 2 aromatic carbocycles. The highest BCUT2D eigenvalue weighted by Gasteiger charge is 2.17. The highest BCUT2D eigenvalue weighted by molar-refractivity contribution is 5.84. The Morgan fingerprint density at radius 3 is 2.67 bits per heavy atom. The van der Waals surface area contributed by atoms with Crippen molar-refractivity contribution in [3.8, 4) is 11.3 Å². The van der Waals surface area contributed by atoms with Crippen LogP contribution < -0.4 is 16.0 Å². The number of carbonyl (C=O) groups is 2. The number of hydrogen-bond acceptors (Lipinski definition) is 7. The molecule has 3 aromatic rings. The molecule has 0 aliphatic carbocycles. The molecule has 0 fully saturated rings. The molecule has 0 bridgehead atoms. The molecule has 0 saturated heterocycles. The molecule has 1 atom stereocenters. The third-order valence-electron chi connectivity index (χ3n) is 5.17. The molecule has 192 valence electrons. The third-order valence-corrected chi connectivity index (χ3v) is 5.17. The Kier molecular flexibility index (Phi) is 10.3. The first-order chi connectivity index (χ1) is 17.5. The maximum atomic E-state index is 13.7. The number of nitrogens with zero attached hydrogens (tertiary/aromatic N) is 1. The van der Waals surface area contributed by atoms with Crippen molar-refractivity contribution in [1.82, 2.24) is 15.8 Å². The van der Waals surface area contributed by atoms with Gasteiger partial charge in [0.15, 0.2) is 23.2 Å². The molecular weight excluding hydrogens is 474 g/mol. The molecule has 4 N–H and O–H groups in total. The summed E-state index contributed by atoms with van der Waals surface area (Å²) in [5.41, 5.74) is 0.900. The summed E-state index contributed by atoms with van der Waals surface area (Å²) in [6.07, 6.45) is 0.804. The SMILES string of the molecule is O=C(CNCc1cccc(F)c1F)N[C@@H](CCCCO)COC(=O)Nc1cc(-c2ccccc2)on1. The zero-order valence-corrected chi connectivity index (χ0v) is 19.5. The Balaban J connectivity index is 1.46. The average Bonchev–Trinajstić information content (AvgIpc) is 3.34. The van der Waals surface area contributed by atoms with E-state index in [2.05, 4.69) is 21.1 Å². The minimum atomic E-state index is -0.963. The quantitative estimate of drug-likeness (QED) is 0.263. The summed E-state index contributed by atoms with van der Waals surface area (Å²) in [5.74, 6) is -1.68. The summed E-state index contributed by atoms with van der Waals surface area (Å²) in [5, 5.41) is 20.8. The minimum Gasteiger partial charge on any atom is -0.447 e. The Hall–Kier alpha value is -3.83. The second-order valence-corrected chi connectivity index (χ2v) is 7.97. The second kappa shape index (κ2) is 13.9.